The predicted octanol–water partition coefficient (Wildman–Crippen LogP) is 3.99. The predicted molar refractivity (Wildman–Crippen MR) is 122 cm³/mol. The number of rotatable bonds is 10. The van der Waals surface area contributed by atoms with Gasteiger partial charge in [-0.15, -0.1) is 0 Å². The van der Waals surface area contributed by atoms with Crippen LogP contribution in [0.2, 0.25) is 0 Å². The highest BCUT2D eigenvalue weighted by atomic mass is 16.5. The summed E-state index contributed by atoms with van der Waals surface area (Å²) in [4.78, 5) is 20.1. The van der Waals surface area contributed by atoms with Crippen molar-refractivity contribution in [2.75, 3.05) is 36.3 Å². The normalized spacial score (nSPS) is 10.0. The minimum absolute atomic E-state index is 0.276. The van der Waals surface area contributed by atoms with Crippen LogP contribution in [0.1, 0.15) is 5.56 Å². The lowest BCUT2D eigenvalue weighted by Crippen LogP contribution is -2.07. The molecule has 0 atom stereocenters. The maximum absolute atomic E-state index is 11.5. The number of benzene rings is 2. The second-order valence-corrected chi connectivity index (χ2v) is 6.46. The molecule has 1 heterocycles. The Morgan fingerprint density at radius 1 is 1.12 bits per heavy atom. The van der Waals surface area contributed by atoms with E-state index in [-0.39, 0.29) is 11.5 Å². The molecule has 9 nitrogen and oxygen atoms in total. The van der Waals surface area contributed by atoms with E-state index in [9.17, 15) is 10.1 Å². The summed E-state index contributed by atoms with van der Waals surface area (Å²) in [7, 11) is 1.62. The summed E-state index contributed by atoms with van der Waals surface area (Å²) in [6.07, 6.45) is 2.62. The van der Waals surface area contributed by atoms with Crippen LogP contribution in [0.5, 0.6) is 5.75 Å². The van der Waals surface area contributed by atoms with Crippen LogP contribution in [0, 0.1) is 11.3 Å². The number of ether oxygens (including phenoxy) is 2. The van der Waals surface area contributed by atoms with Crippen LogP contribution < -0.4 is 20.7 Å². The molecule has 0 unspecified atom stereocenters. The number of nitrogens with one attached hydrogen (secondary N) is 3. The smallest absolute Gasteiger partial charge is 0.247 e. The fourth-order valence-electron chi connectivity index (χ4n) is 2.63. The molecule has 0 radical (unpaired) electrons. The van der Waals surface area contributed by atoms with Gasteiger partial charge in [-0.25, -0.2) is 4.98 Å². The molecule has 0 aliphatic carbocycles. The third-order valence-corrected chi connectivity index (χ3v) is 4.15. The number of anilines is 5. The second kappa shape index (κ2) is 11.1. The number of nitrogens with zero attached hydrogens (tertiary/aromatic N) is 3. The highest BCUT2D eigenvalue weighted by molar-refractivity contribution is 5.99. The Kier molecular flexibility index (Phi) is 7.73. The minimum Gasteiger partial charge on any atom is -0.491 e. The summed E-state index contributed by atoms with van der Waals surface area (Å²) in [5, 5.41) is 18.3. The van der Waals surface area contributed by atoms with Crippen molar-refractivity contribution in [3.8, 4) is 11.8 Å². The molecule has 0 aliphatic rings. The molecule has 1 aromatic heterocycles. The number of hydrogen-bond acceptors (Lipinski definition) is 8. The molecule has 0 fully saturated rings. The van der Waals surface area contributed by atoms with Gasteiger partial charge >= 0.3 is 0 Å². The monoisotopic (exact) mass is 430 g/mol. The van der Waals surface area contributed by atoms with Crippen LogP contribution in [0.15, 0.2) is 67.4 Å². The minimum atomic E-state index is -0.316. The van der Waals surface area contributed by atoms with Crippen molar-refractivity contribution in [2.45, 2.75) is 0 Å². The fraction of sp³-hybridized carbons (Fsp3) is 0.130. The van der Waals surface area contributed by atoms with Crippen molar-refractivity contribution in [1.82, 2.24) is 9.97 Å². The van der Waals surface area contributed by atoms with Crippen LogP contribution in [-0.4, -0.2) is 36.2 Å². The van der Waals surface area contributed by atoms with Gasteiger partial charge in [0.2, 0.25) is 11.9 Å². The molecule has 0 saturated carbocycles. The van der Waals surface area contributed by atoms with Crippen molar-refractivity contribution in [1.29, 1.82) is 5.26 Å². The Balaban J connectivity index is 1.73. The first-order chi connectivity index (χ1) is 15.6. The van der Waals surface area contributed by atoms with E-state index in [1.54, 1.807) is 31.4 Å². The zero-order chi connectivity index (χ0) is 22.8. The topological polar surface area (TPSA) is 121 Å². The van der Waals surface area contributed by atoms with Gasteiger partial charge in [-0.3, -0.25) is 4.79 Å². The lowest BCUT2D eigenvalue weighted by Gasteiger charge is -2.12. The van der Waals surface area contributed by atoms with Crippen molar-refractivity contribution >= 4 is 34.7 Å². The largest absolute Gasteiger partial charge is 0.491 e. The number of methoxy groups -OCH3 is 1. The zero-order valence-corrected chi connectivity index (χ0v) is 17.5. The first kappa shape index (κ1) is 22.3. The molecular weight excluding hydrogens is 408 g/mol. The van der Waals surface area contributed by atoms with E-state index < -0.39 is 0 Å². The SMILES string of the molecule is C=CC(=O)Nc1cccc(Nc2nc(Nc3ccc(OCCOC)cc3)ncc2C#N)c1. The van der Waals surface area contributed by atoms with Crippen LogP contribution in [-0.2, 0) is 9.53 Å². The van der Waals surface area contributed by atoms with Gasteiger partial charge in [-0.1, -0.05) is 12.6 Å². The first-order valence-corrected chi connectivity index (χ1v) is 9.67. The lowest BCUT2D eigenvalue weighted by atomic mass is 10.2. The molecule has 3 aromatic rings. The number of amides is 1. The summed E-state index contributed by atoms with van der Waals surface area (Å²) in [5.74, 6) is 1.05. The second-order valence-electron chi connectivity index (χ2n) is 6.46. The van der Waals surface area contributed by atoms with Crippen LogP contribution in [0.4, 0.5) is 28.8 Å². The van der Waals surface area contributed by atoms with Gasteiger partial charge in [0.25, 0.3) is 0 Å². The van der Waals surface area contributed by atoms with E-state index in [0.29, 0.717) is 36.4 Å². The molecule has 0 spiro atoms. The average molecular weight is 430 g/mol. The molecule has 0 bridgehead atoms. The van der Waals surface area contributed by atoms with Gasteiger partial charge in [0.15, 0.2) is 5.82 Å². The van der Waals surface area contributed by atoms with Gasteiger partial charge < -0.3 is 25.4 Å². The van der Waals surface area contributed by atoms with E-state index in [0.717, 1.165) is 11.4 Å². The molecular formula is C23H22N6O3. The van der Waals surface area contributed by atoms with Gasteiger partial charge in [0.1, 0.15) is 24.0 Å². The number of carbonyl (C=O) groups is 1. The Hall–Kier alpha value is -4.42. The van der Waals surface area contributed by atoms with Gasteiger partial charge in [-0.2, -0.15) is 10.2 Å². The third kappa shape index (κ3) is 6.29. The summed E-state index contributed by atoms with van der Waals surface area (Å²) in [6.45, 7) is 4.42. The summed E-state index contributed by atoms with van der Waals surface area (Å²) in [5.41, 5.74) is 2.26. The number of hydrogen-bond donors (Lipinski definition) is 3. The van der Waals surface area contributed by atoms with Crippen LogP contribution in [0.25, 0.3) is 0 Å². The molecule has 32 heavy (non-hydrogen) atoms. The van der Waals surface area contributed by atoms with E-state index in [4.69, 9.17) is 9.47 Å². The molecule has 0 aliphatic heterocycles. The summed E-state index contributed by atoms with van der Waals surface area (Å²) < 4.78 is 10.5. The van der Waals surface area contributed by atoms with Gasteiger partial charge in [-0.05, 0) is 48.5 Å². The molecule has 1 amide bonds. The number of nitriles is 1. The number of aromatic nitrogens is 2. The van der Waals surface area contributed by atoms with Crippen molar-refractivity contribution in [3.63, 3.8) is 0 Å². The summed E-state index contributed by atoms with van der Waals surface area (Å²) in [6, 6.07) is 16.4. The van der Waals surface area contributed by atoms with Gasteiger partial charge in [0.05, 0.1) is 12.8 Å². The van der Waals surface area contributed by atoms with Crippen molar-refractivity contribution in [2.24, 2.45) is 0 Å². The standard InChI is InChI=1S/C23H22N6O3/c1-3-21(30)26-18-5-4-6-19(13-18)27-22-16(14-24)15-25-23(29-22)28-17-7-9-20(10-8-17)32-12-11-31-2/h3-10,13,15H,1,11-12H2,2H3,(H,26,30)(H2,25,27,28,29). The van der Waals surface area contributed by atoms with E-state index >= 15 is 0 Å². The third-order valence-electron chi connectivity index (χ3n) is 4.15. The van der Waals surface area contributed by atoms with Gasteiger partial charge in [0, 0.05) is 24.2 Å². The quantitative estimate of drug-likeness (QED) is 0.326. The lowest BCUT2D eigenvalue weighted by molar-refractivity contribution is -0.111. The average Bonchev–Trinajstić information content (AvgIpc) is 2.81. The zero-order valence-electron chi connectivity index (χ0n) is 17.5. The molecule has 162 valence electrons. The first-order valence-electron chi connectivity index (χ1n) is 9.67. The Morgan fingerprint density at radius 3 is 2.62 bits per heavy atom. The highest BCUT2D eigenvalue weighted by Crippen LogP contribution is 2.24. The van der Waals surface area contributed by atoms with Crippen LogP contribution >= 0.6 is 0 Å². The highest BCUT2D eigenvalue weighted by Gasteiger charge is 2.09. The van der Waals surface area contributed by atoms with E-state index in [2.05, 4.69) is 38.6 Å². The molecule has 3 N–H and O–H groups in total. The summed E-state index contributed by atoms with van der Waals surface area (Å²) >= 11 is 0. The fourth-order valence-corrected chi connectivity index (χ4v) is 2.63. The maximum atomic E-state index is 11.5. The van der Waals surface area contributed by atoms with Crippen LogP contribution in [0.3, 0.4) is 0 Å². The molecule has 0 saturated heterocycles. The molecule has 3 rings (SSSR count). The molecule has 2 aromatic carbocycles. The molecule has 9 heteroatoms. The number of carbonyl (C=O) groups excluding carboxylic acids is 1. The Labute approximate surface area is 185 Å². The van der Waals surface area contributed by atoms with E-state index in [1.165, 1.54) is 12.3 Å². The van der Waals surface area contributed by atoms with Crippen molar-refractivity contribution in [3.05, 3.63) is 72.9 Å². The maximum Gasteiger partial charge on any atom is 0.247 e. The van der Waals surface area contributed by atoms with E-state index in [1.807, 2.05) is 24.3 Å². The Morgan fingerprint density at radius 2 is 1.91 bits per heavy atom. The Bertz CT molecular complexity index is 1130. The van der Waals surface area contributed by atoms with Crippen molar-refractivity contribution < 1.29 is 14.3 Å².